The molecule has 2 aromatic carbocycles. The minimum atomic E-state index is -0.725. The quantitative estimate of drug-likeness (QED) is 0.238. The first-order chi connectivity index (χ1) is 16.4. The van der Waals surface area contributed by atoms with Gasteiger partial charge in [0.05, 0.1) is 11.6 Å². The van der Waals surface area contributed by atoms with E-state index in [1.165, 1.54) is 4.90 Å². The first-order valence-corrected chi connectivity index (χ1v) is 11.0. The summed E-state index contributed by atoms with van der Waals surface area (Å²) >= 11 is 0. The van der Waals surface area contributed by atoms with E-state index >= 15 is 0 Å². The van der Waals surface area contributed by atoms with Crippen molar-refractivity contribution in [2.45, 2.75) is 26.4 Å². The summed E-state index contributed by atoms with van der Waals surface area (Å²) in [5.74, 6) is -0.940. The highest BCUT2D eigenvalue weighted by Gasteiger charge is 2.46. The lowest BCUT2D eigenvalue weighted by Gasteiger charge is -2.25. The van der Waals surface area contributed by atoms with Crippen molar-refractivity contribution in [3.8, 4) is 5.75 Å². The van der Waals surface area contributed by atoms with Gasteiger partial charge in [0.2, 0.25) is 0 Å². The zero-order valence-electron chi connectivity index (χ0n) is 19.2. The summed E-state index contributed by atoms with van der Waals surface area (Å²) in [7, 11) is 0. The smallest absolute Gasteiger partial charge is 0.295 e. The van der Waals surface area contributed by atoms with Gasteiger partial charge in [0.15, 0.2) is 0 Å². The molecule has 1 saturated heterocycles. The third kappa shape index (κ3) is 4.48. The van der Waals surface area contributed by atoms with Crippen LogP contribution in [-0.2, 0) is 16.1 Å². The van der Waals surface area contributed by atoms with Crippen molar-refractivity contribution in [2.75, 3.05) is 6.61 Å². The van der Waals surface area contributed by atoms with Crippen LogP contribution in [0.25, 0.3) is 5.76 Å². The molecule has 6 heteroatoms. The van der Waals surface area contributed by atoms with Crippen LogP contribution in [0.2, 0.25) is 0 Å². The molecule has 0 saturated carbocycles. The van der Waals surface area contributed by atoms with E-state index in [0.717, 1.165) is 22.3 Å². The maximum Gasteiger partial charge on any atom is 0.295 e. The Kier molecular flexibility index (Phi) is 6.59. The molecule has 1 aliphatic rings. The average molecular weight is 455 g/mol. The third-order valence-corrected chi connectivity index (χ3v) is 5.83. The van der Waals surface area contributed by atoms with Gasteiger partial charge in [-0.15, -0.1) is 0 Å². The van der Waals surface area contributed by atoms with Gasteiger partial charge in [-0.1, -0.05) is 48.6 Å². The zero-order valence-corrected chi connectivity index (χ0v) is 19.2. The molecule has 1 atom stereocenters. The zero-order chi connectivity index (χ0) is 24.2. The number of ketones is 1. The van der Waals surface area contributed by atoms with Gasteiger partial charge in [-0.25, -0.2) is 0 Å². The Morgan fingerprint density at radius 2 is 1.91 bits per heavy atom. The standard InChI is InChI=1S/C28H26N2O4/c1-4-14-34-22-11-12-23(19(3)15-22)26(31)24-25(21-9-7-18(2)8-10-21)30(28(33)27(24)32)17-20-6-5-13-29-16-20/h4-13,15-16,25,31H,1,14,17H2,2-3H3. The fourth-order valence-electron chi connectivity index (χ4n) is 4.12. The van der Waals surface area contributed by atoms with Gasteiger partial charge in [0, 0.05) is 24.5 Å². The van der Waals surface area contributed by atoms with Crippen molar-refractivity contribution in [2.24, 2.45) is 0 Å². The molecule has 1 fully saturated rings. The van der Waals surface area contributed by atoms with Gasteiger partial charge in [-0.2, -0.15) is 0 Å². The molecule has 1 aliphatic heterocycles. The van der Waals surface area contributed by atoms with E-state index in [0.29, 0.717) is 17.9 Å². The Labute approximate surface area is 198 Å². The van der Waals surface area contributed by atoms with Crippen molar-refractivity contribution in [1.29, 1.82) is 0 Å². The summed E-state index contributed by atoms with van der Waals surface area (Å²) in [6, 6.07) is 15.7. The summed E-state index contributed by atoms with van der Waals surface area (Å²) in [6.45, 7) is 7.98. The highest BCUT2D eigenvalue weighted by Crippen LogP contribution is 2.41. The summed E-state index contributed by atoms with van der Waals surface area (Å²) in [5, 5.41) is 11.3. The van der Waals surface area contributed by atoms with Crippen LogP contribution >= 0.6 is 0 Å². The molecule has 3 aromatic rings. The van der Waals surface area contributed by atoms with Crippen LogP contribution in [0.4, 0.5) is 0 Å². The molecule has 172 valence electrons. The molecule has 34 heavy (non-hydrogen) atoms. The maximum atomic E-state index is 13.2. The van der Waals surface area contributed by atoms with E-state index in [-0.39, 0.29) is 17.9 Å². The molecule has 1 N–H and O–H groups in total. The number of aromatic nitrogens is 1. The van der Waals surface area contributed by atoms with E-state index in [2.05, 4.69) is 11.6 Å². The highest BCUT2D eigenvalue weighted by molar-refractivity contribution is 6.46. The number of rotatable bonds is 7. The second-order valence-corrected chi connectivity index (χ2v) is 8.28. The fourth-order valence-corrected chi connectivity index (χ4v) is 4.12. The van der Waals surface area contributed by atoms with Gasteiger partial charge >= 0.3 is 0 Å². The maximum absolute atomic E-state index is 13.2. The number of hydrogen-bond acceptors (Lipinski definition) is 5. The van der Waals surface area contributed by atoms with Crippen LogP contribution < -0.4 is 4.74 Å². The minimum absolute atomic E-state index is 0.0700. The van der Waals surface area contributed by atoms with Crippen LogP contribution in [0, 0.1) is 13.8 Å². The molecular formula is C28H26N2O4. The fraction of sp³-hybridized carbons (Fsp3) is 0.179. The number of benzene rings is 2. The average Bonchev–Trinajstić information content (AvgIpc) is 3.08. The highest BCUT2D eigenvalue weighted by atomic mass is 16.5. The molecule has 0 aliphatic carbocycles. The monoisotopic (exact) mass is 454 g/mol. The van der Waals surface area contributed by atoms with Gasteiger partial charge in [-0.3, -0.25) is 14.6 Å². The van der Waals surface area contributed by atoms with Crippen molar-refractivity contribution >= 4 is 17.4 Å². The second kappa shape index (κ2) is 9.75. The number of carbonyl (C=O) groups excluding carboxylic acids is 2. The number of Topliss-reactive ketones (excluding diaryl/α,β-unsaturated/α-hetero) is 1. The molecule has 2 heterocycles. The van der Waals surface area contributed by atoms with E-state index in [1.807, 2.05) is 44.2 Å². The Bertz CT molecular complexity index is 1260. The van der Waals surface area contributed by atoms with Gasteiger partial charge in [0.25, 0.3) is 11.7 Å². The van der Waals surface area contributed by atoms with E-state index in [9.17, 15) is 14.7 Å². The molecule has 1 unspecified atom stereocenters. The number of ether oxygens (including phenoxy) is 1. The minimum Gasteiger partial charge on any atom is -0.507 e. The van der Waals surface area contributed by atoms with Crippen LogP contribution in [0.5, 0.6) is 5.75 Å². The largest absolute Gasteiger partial charge is 0.507 e. The molecule has 4 rings (SSSR count). The number of carbonyl (C=O) groups is 2. The number of pyridine rings is 1. The van der Waals surface area contributed by atoms with E-state index in [1.54, 1.807) is 42.7 Å². The number of aryl methyl sites for hydroxylation is 2. The van der Waals surface area contributed by atoms with Gasteiger partial charge < -0.3 is 14.7 Å². The Morgan fingerprint density at radius 3 is 2.56 bits per heavy atom. The second-order valence-electron chi connectivity index (χ2n) is 8.28. The number of nitrogens with zero attached hydrogens (tertiary/aromatic N) is 2. The van der Waals surface area contributed by atoms with Crippen LogP contribution in [0.3, 0.4) is 0 Å². The lowest BCUT2D eigenvalue weighted by molar-refractivity contribution is -0.140. The number of likely N-dealkylation sites (tertiary alicyclic amines) is 1. The van der Waals surface area contributed by atoms with E-state index < -0.39 is 17.7 Å². The van der Waals surface area contributed by atoms with Crippen molar-refractivity contribution < 1.29 is 19.4 Å². The molecule has 6 nitrogen and oxygen atoms in total. The summed E-state index contributed by atoms with van der Waals surface area (Å²) < 4.78 is 5.57. The Morgan fingerprint density at radius 1 is 1.15 bits per heavy atom. The number of hydrogen-bond donors (Lipinski definition) is 1. The number of aliphatic hydroxyl groups is 1. The Balaban J connectivity index is 1.82. The normalized spacial score (nSPS) is 17.1. The van der Waals surface area contributed by atoms with E-state index in [4.69, 9.17) is 4.74 Å². The van der Waals surface area contributed by atoms with Crippen molar-refractivity contribution in [1.82, 2.24) is 9.88 Å². The van der Waals surface area contributed by atoms with Gasteiger partial charge in [0.1, 0.15) is 18.1 Å². The first-order valence-electron chi connectivity index (χ1n) is 11.0. The van der Waals surface area contributed by atoms with Crippen LogP contribution in [0.15, 0.2) is 85.2 Å². The third-order valence-electron chi connectivity index (χ3n) is 5.83. The first kappa shape index (κ1) is 23.0. The Hall–Kier alpha value is -4.19. The van der Waals surface area contributed by atoms with Crippen molar-refractivity contribution in [3.05, 3.63) is 113 Å². The summed E-state index contributed by atoms with van der Waals surface area (Å²) in [5.41, 5.74) is 3.86. The molecule has 0 radical (unpaired) electrons. The lowest BCUT2D eigenvalue weighted by atomic mass is 9.93. The summed E-state index contributed by atoms with van der Waals surface area (Å²) in [6.07, 6.45) is 4.96. The summed E-state index contributed by atoms with van der Waals surface area (Å²) in [4.78, 5) is 32.0. The van der Waals surface area contributed by atoms with Crippen LogP contribution in [-0.4, -0.2) is 33.3 Å². The number of aliphatic hydroxyl groups excluding tert-OH is 1. The lowest BCUT2D eigenvalue weighted by Crippen LogP contribution is -2.29. The molecular weight excluding hydrogens is 428 g/mol. The predicted octanol–water partition coefficient (Wildman–Crippen LogP) is 4.89. The topological polar surface area (TPSA) is 79.7 Å². The van der Waals surface area contributed by atoms with Crippen LogP contribution in [0.1, 0.15) is 33.9 Å². The predicted molar refractivity (Wildman–Crippen MR) is 130 cm³/mol. The number of amides is 1. The molecule has 0 bridgehead atoms. The molecule has 0 spiro atoms. The van der Waals surface area contributed by atoms with Crippen molar-refractivity contribution in [3.63, 3.8) is 0 Å². The molecule has 1 aromatic heterocycles. The SMILES string of the molecule is C=CCOc1ccc(C(O)=C2C(=O)C(=O)N(Cc3cccnc3)C2c2ccc(C)cc2)c(C)c1. The molecule has 1 amide bonds. The van der Waals surface area contributed by atoms with Gasteiger partial charge in [-0.05, 0) is 54.8 Å².